The zero-order valence-electron chi connectivity index (χ0n) is 7.90. The average Bonchev–Trinajstić information content (AvgIpc) is 2.49. The first-order chi connectivity index (χ1) is 6.27. The van der Waals surface area contributed by atoms with Crippen molar-refractivity contribution in [1.29, 1.82) is 0 Å². The van der Waals surface area contributed by atoms with Gasteiger partial charge in [0.05, 0.1) is 17.4 Å². The second-order valence-corrected chi connectivity index (χ2v) is 3.55. The van der Waals surface area contributed by atoms with Crippen LogP contribution in [0.15, 0.2) is 6.20 Å². The van der Waals surface area contributed by atoms with Crippen molar-refractivity contribution in [2.24, 2.45) is 0 Å². The predicted molar refractivity (Wildman–Crippen MR) is 51.5 cm³/mol. The minimum Gasteiger partial charge on any atom is -0.396 e. The highest BCUT2D eigenvalue weighted by Gasteiger charge is 2.16. The van der Waals surface area contributed by atoms with Crippen molar-refractivity contribution >= 4 is 5.69 Å². The van der Waals surface area contributed by atoms with Crippen LogP contribution >= 0.6 is 0 Å². The van der Waals surface area contributed by atoms with Crippen molar-refractivity contribution in [3.05, 3.63) is 11.9 Å². The van der Waals surface area contributed by atoms with E-state index < -0.39 is 0 Å². The first kappa shape index (κ1) is 8.56. The quantitative estimate of drug-likeness (QED) is 0.690. The summed E-state index contributed by atoms with van der Waals surface area (Å²) in [5.74, 6) is 0. The summed E-state index contributed by atoms with van der Waals surface area (Å²) in [7, 11) is 0. The highest BCUT2D eigenvalue weighted by atomic mass is 15.3. The molecule has 0 bridgehead atoms. The monoisotopic (exact) mass is 179 g/mol. The van der Waals surface area contributed by atoms with Gasteiger partial charge in [-0.3, -0.25) is 4.68 Å². The fourth-order valence-electron chi connectivity index (χ4n) is 1.68. The van der Waals surface area contributed by atoms with E-state index in [1.165, 1.54) is 0 Å². The molecule has 1 fully saturated rings. The molecule has 1 aliphatic rings. The lowest BCUT2D eigenvalue weighted by Crippen LogP contribution is -2.25. The van der Waals surface area contributed by atoms with E-state index in [9.17, 15) is 0 Å². The van der Waals surface area contributed by atoms with Crippen LogP contribution in [0.5, 0.6) is 0 Å². The smallest absolute Gasteiger partial charge is 0.0823 e. The summed E-state index contributed by atoms with van der Waals surface area (Å²) in [6.07, 6.45) is 4.13. The van der Waals surface area contributed by atoms with Gasteiger partial charge in [0.25, 0.3) is 0 Å². The van der Waals surface area contributed by atoms with E-state index in [4.69, 9.17) is 5.73 Å². The normalized spacial score (nSPS) is 19.2. The SMILES string of the molecule is Cc1nn(C2CC[N]CC2)cc1N. The molecule has 0 unspecified atom stereocenters. The molecule has 2 heterocycles. The Kier molecular flexibility index (Phi) is 2.22. The lowest BCUT2D eigenvalue weighted by Gasteiger charge is -2.21. The molecule has 4 heteroatoms. The number of rotatable bonds is 1. The molecule has 0 atom stereocenters. The number of hydrogen-bond acceptors (Lipinski definition) is 2. The Morgan fingerprint density at radius 1 is 1.46 bits per heavy atom. The van der Waals surface area contributed by atoms with E-state index >= 15 is 0 Å². The zero-order valence-corrected chi connectivity index (χ0v) is 7.90. The number of nitrogens with zero attached hydrogens (tertiary/aromatic N) is 3. The molecule has 2 N–H and O–H groups in total. The summed E-state index contributed by atoms with van der Waals surface area (Å²) in [6.45, 7) is 3.87. The number of nitrogens with two attached hydrogens (primary N) is 1. The fourth-order valence-corrected chi connectivity index (χ4v) is 1.68. The maximum atomic E-state index is 5.74. The van der Waals surface area contributed by atoms with E-state index in [1.807, 2.05) is 17.8 Å². The van der Waals surface area contributed by atoms with Gasteiger partial charge in [-0.15, -0.1) is 0 Å². The molecule has 0 saturated carbocycles. The first-order valence-corrected chi connectivity index (χ1v) is 4.72. The zero-order chi connectivity index (χ0) is 9.26. The third-order valence-corrected chi connectivity index (χ3v) is 2.57. The highest BCUT2D eigenvalue weighted by Crippen LogP contribution is 2.20. The molecule has 1 radical (unpaired) electrons. The van der Waals surface area contributed by atoms with Crippen LogP contribution in [0.1, 0.15) is 24.6 Å². The standard InChI is InChI=1S/C9H15N4/c1-7-9(10)6-13(12-7)8-2-4-11-5-3-8/h6,8H,2-5,10H2,1H3. The Labute approximate surface area is 78.1 Å². The Bertz CT molecular complexity index is 266. The van der Waals surface area contributed by atoms with Gasteiger partial charge in [-0.2, -0.15) is 5.10 Å². The summed E-state index contributed by atoms with van der Waals surface area (Å²) in [4.78, 5) is 0. The maximum Gasteiger partial charge on any atom is 0.0823 e. The van der Waals surface area contributed by atoms with E-state index in [0.717, 1.165) is 37.3 Å². The molecule has 4 nitrogen and oxygen atoms in total. The van der Waals surface area contributed by atoms with Gasteiger partial charge in [-0.25, -0.2) is 5.32 Å². The van der Waals surface area contributed by atoms with Crippen molar-refractivity contribution in [2.45, 2.75) is 25.8 Å². The molecule has 0 spiro atoms. The molecule has 1 aliphatic heterocycles. The minimum atomic E-state index is 0.508. The Morgan fingerprint density at radius 2 is 2.15 bits per heavy atom. The molecule has 1 saturated heterocycles. The van der Waals surface area contributed by atoms with Crippen molar-refractivity contribution in [2.75, 3.05) is 18.8 Å². The average molecular weight is 179 g/mol. The minimum absolute atomic E-state index is 0.508. The van der Waals surface area contributed by atoms with Crippen LogP contribution < -0.4 is 11.1 Å². The lowest BCUT2D eigenvalue weighted by atomic mass is 10.1. The van der Waals surface area contributed by atoms with Gasteiger partial charge < -0.3 is 5.73 Å². The van der Waals surface area contributed by atoms with Crippen LogP contribution in [0.3, 0.4) is 0 Å². The van der Waals surface area contributed by atoms with Crippen LogP contribution in [-0.2, 0) is 0 Å². The third-order valence-electron chi connectivity index (χ3n) is 2.57. The fraction of sp³-hybridized carbons (Fsp3) is 0.667. The van der Waals surface area contributed by atoms with Gasteiger partial charge >= 0.3 is 0 Å². The van der Waals surface area contributed by atoms with Gasteiger partial charge in [0.2, 0.25) is 0 Å². The van der Waals surface area contributed by atoms with Gasteiger partial charge in [-0.05, 0) is 19.8 Å². The summed E-state index contributed by atoms with van der Waals surface area (Å²) in [5.41, 5.74) is 7.47. The molecule has 13 heavy (non-hydrogen) atoms. The van der Waals surface area contributed by atoms with Crippen LogP contribution in [0.4, 0.5) is 5.69 Å². The third kappa shape index (κ3) is 1.67. The van der Waals surface area contributed by atoms with E-state index in [0.29, 0.717) is 6.04 Å². The number of nitrogen functional groups attached to an aromatic ring is 1. The number of anilines is 1. The van der Waals surface area contributed by atoms with Crippen molar-refractivity contribution in [3.8, 4) is 0 Å². The first-order valence-electron chi connectivity index (χ1n) is 4.72. The topological polar surface area (TPSA) is 57.9 Å². The second-order valence-electron chi connectivity index (χ2n) is 3.55. The molecule has 1 aromatic heterocycles. The summed E-state index contributed by atoms with van der Waals surface area (Å²) in [5, 5.41) is 8.69. The van der Waals surface area contributed by atoms with Crippen molar-refractivity contribution in [1.82, 2.24) is 15.1 Å². The van der Waals surface area contributed by atoms with Gasteiger partial charge in [0.15, 0.2) is 0 Å². The number of piperidine rings is 1. The molecule has 0 amide bonds. The molecule has 2 rings (SSSR count). The Hall–Kier alpha value is -1.03. The highest BCUT2D eigenvalue weighted by molar-refractivity contribution is 5.39. The van der Waals surface area contributed by atoms with Crippen LogP contribution in [0, 0.1) is 6.92 Å². The van der Waals surface area contributed by atoms with E-state index in [1.54, 1.807) is 0 Å². The summed E-state index contributed by atoms with van der Waals surface area (Å²) < 4.78 is 2.00. The van der Waals surface area contributed by atoms with E-state index in [-0.39, 0.29) is 0 Å². The summed E-state index contributed by atoms with van der Waals surface area (Å²) in [6, 6.07) is 0.508. The Morgan fingerprint density at radius 3 is 2.69 bits per heavy atom. The second kappa shape index (κ2) is 3.38. The van der Waals surface area contributed by atoms with Crippen LogP contribution in [0.2, 0.25) is 0 Å². The van der Waals surface area contributed by atoms with Gasteiger partial charge in [-0.1, -0.05) is 0 Å². The number of hydrogen-bond donors (Lipinski definition) is 1. The number of aryl methyl sites for hydroxylation is 1. The van der Waals surface area contributed by atoms with E-state index in [2.05, 4.69) is 10.4 Å². The lowest BCUT2D eigenvalue weighted by molar-refractivity contribution is 0.338. The largest absolute Gasteiger partial charge is 0.396 e. The molecule has 0 aliphatic carbocycles. The molecular formula is C9H15N4. The van der Waals surface area contributed by atoms with Crippen molar-refractivity contribution < 1.29 is 0 Å². The maximum absolute atomic E-state index is 5.74. The van der Waals surface area contributed by atoms with Crippen molar-refractivity contribution in [3.63, 3.8) is 0 Å². The van der Waals surface area contributed by atoms with Crippen LogP contribution in [0.25, 0.3) is 0 Å². The predicted octanol–water partition coefficient (Wildman–Crippen LogP) is 0.713. The molecule has 71 valence electrons. The van der Waals surface area contributed by atoms with Gasteiger partial charge in [0.1, 0.15) is 0 Å². The summed E-state index contributed by atoms with van der Waals surface area (Å²) >= 11 is 0. The van der Waals surface area contributed by atoms with Crippen LogP contribution in [-0.4, -0.2) is 22.9 Å². The molecule has 0 aromatic carbocycles. The van der Waals surface area contributed by atoms with Gasteiger partial charge in [0, 0.05) is 19.3 Å². The molecular weight excluding hydrogens is 164 g/mol. The Balaban J connectivity index is 2.14. The molecule has 1 aromatic rings. The number of aromatic nitrogens is 2.